The van der Waals surface area contributed by atoms with Crippen LogP contribution in [-0.4, -0.2) is 19.8 Å². The van der Waals surface area contributed by atoms with E-state index in [1.807, 2.05) is 61.5 Å². The lowest BCUT2D eigenvalue weighted by Gasteiger charge is -2.11. The van der Waals surface area contributed by atoms with E-state index in [-0.39, 0.29) is 0 Å². The summed E-state index contributed by atoms with van der Waals surface area (Å²) in [4.78, 5) is 0. The van der Waals surface area contributed by atoms with Gasteiger partial charge in [-0.3, -0.25) is 0 Å². The highest BCUT2D eigenvalue weighted by Crippen LogP contribution is 2.20. The molecular formula is C24H27NO3. The highest BCUT2D eigenvalue weighted by atomic mass is 16.5. The van der Waals surface area contributed by atoms with Crippen molar-refractivity contribution in [3.8, 4) is 11.5 Å². The first-order valence-electron chi connectivity index (χ1n) is 9.63. The largest absolute Gasteiger partial charge is 0.491 e. The fourth-order valence-electron chi connectivity index (χ4n) is 2.71. The summed E-state index contributed by atoms with van der Waals surface area (Å²) >= 11 is 0. The van der Waals surface area contributed by atoms with Gasteiger partial charge in [0.2, 0.25) is 0 Å². The minimum atomic E-state index is 0.565. The molecule has 3 aromatic rings. The van der Waals surface area contributed by atoms with Crippen molar-refractivity contribution in [3.63, 3.8) is 0 Å². The highest BCUT2D eigenvalue weighted by Gasteiger charge is 2.00. The lowest BCUT2D eigenvalue weighted by molar-refractivity contribution is 0.110. The third kappa shape index (κ3) is 6.63. The Hall–Kier alpha value is -2.98. The van der Waals surface area contributed by atoms with E-state index in [0.717, 1.165) is 29.3 Å². The summed E-state index contributed by atoms with van der Waals surface area (Å²) in [6.07, 6.45) is 0. The first-order valence-corrected chi connectivity index (χ1v) is 9.63. The molecule has 0 amide bonds. The Balaban J connectivity index is 1.46. The number of nitrogens with one attached hydrogen (secondary N) is 1. The quantitative estimate of drug-likeness (QED) is 0.461. The molecule has 0 unspecified atom stereocenters. The Morgan fingerprint density at radius 2 is 1.54 bits per heavy atom. The van der Waals surface area contributed by atoms with E-state index in [9.17, 15) is 0 Å². The molecule has 0 aliphatic carbocycles. The molecule has 0 bridgehead atoms. The summed E-state index contributed by atoms with van der Waals surface area (Å²) in [6.45, 7) is 5.18. The molecule has 4 nitrogen and oxygen atoms in total. The SMILES string of the molecule is CCOCCOc1ccc(CNc2cccc(OCc3ccccc3)c2)cc1. The average molecular weight is 377 g/mol. The standard InChI is InChI=1S/C24H27NO3/c1-2-26-15-16-27-23-13-11-20(12-14-23)18-25-22-9-6-10-24(17-22)28-19-21-7-4-3-5-8-21/h3-14,17,25H,2,15-16,18-19H2,1H3. The van der Waals surface area contributed by atoms with Gasteiger partial charge in [0.1, 0.15) is 24.7 Å². The van der Waals surface area contributed by atoms with Gasteiger partial charge in [-0.25, -0.2) is 0 Å². The van der Waals surface area contributed by atoms with Crippen molar-refractivity contribution in [1.82, 2.24) is 0 Å². The molecule has 0 spiro atoms. The Labute approximate surface area is 167 Å². The molecule has 0 saturated carbocycles. The number of hydrogen-bond donors (Lipinski definition) is 1. The normalized spacial score (nSPS) is 10.5. The number of hydrogen-bond acceptors (Lipinski definition) is 4. The third-order valence-corrected chi connectivity index (χ3v) is 4.20. The van der Waals surface area contributed by atoms with Gasteiger partial charge in [0.05, 0.1) is 6.61 Å². The van der Waals surface area contributed by atoms with Crippen LogP contribution in [0.1, 0.15) is 18.1 Å². The molecule has 0 fully saturated rings. The zero-order valence-electron chi connectivity index (χ0n) is 16.3. The summed E-state index contributed by atoms with van der Waals surface area (Å²) in [7, 11) is 0. The molecule has 0 aliphatic rings. The second-order valence-electron chi connectivity index (χ2n) is 6.34. The maximum Gasteiger partial charge on any atom is 0.121 e. The van der Waals surface area contributed by atoms with Crippen molar-refractivity contribution in [2.24, 2.45) is 0 Å². The Kier molecular flexibility index (Phi) is 7.77. The first kappa shape index (κ1) is 19.8. The van der Waals surface area contributed by atoms with Gasteiger partial charge < -0.3 is 19.5 Å². The Morgan fingerprint density at radius 1 is 0.714 bits per heavy atom. The van der Waals surface area contributed by atoms with Gasteiger partial charge in [-0.1, -0.05) is 48.5 Å². The van der Waals surface area contributed by atoms with Gasteiger partial charge in [-0.15, -0.1) is 0 Å². The van der Waals surface area contributed by atoms with Gasteiger partial charge in [0.15, 0.2) is 0 Å². The molecule has 0 atom stereocenters. The van der Waals surface area contributed by atoms with Crippen molar-refractivity contribution < 1.29 is 14.2 Å². The van der Waals surface area contributed by atoms with Crippen molar-refractivity contribution in [1.29, 1.82) is 0 Å². The average Bonchev–Trinajstić information content (AvgIpc) is 2.76. The van der Waals surface area contributed by atoms with E-state index in [1.54, 1.807) is 0 Å². The van der Waals surface area contributed by atoms with Gasteiger partial charge in [0.25, 0.3) is 0 Å². The molecule has 0 aliphatic heterocycles. The van der Waals surface area contributed by atoms with Gasteiger partial charge in [-0.05, 0) is 42.3 Å². The van der Waals surface area contributed by atoms with Crippen LogP contribution in [0.2, 0.25) is 0 Å². The second-order valence-corrected chi connectivity index (χ2v) is 6.34. The minimum Gasteiger partial charge on any atom is -0.491 e. The first-order chi connectivity index (χ1) is 13.8. The number of anilines is 1. The van der Waals surface area contributed by atoms with Crippen LogP contribution < -0.4 is 14.8 Å². The van der Waals surface area contributed by atoms with Crippen LogP contribution in [0, 0.1) is 0 Å². The molecule has 0 aromatic heterocycles. The van der Waals surface area contributed by atoms with E-state index >= 15 is 0 Å². The maximum atomic E-state index is 5.89. The van der Waals surface area contributed by atoms with Crippen molar-refractivity contribution >= 4 is 5.69 Å². The van der Waals surface area contributed by atoms with Gasteiger partial charge >= 0.3 is 0 Å². The molecule has 4 heteroatoms. The number of ether oxygens (including phenoxy) is 3. The number of benzene rings is 3. The fourth-order valence-corrected chi connectivity index (χ4v) is 2.71. The summed E-state index contributed by atoms with van der Waals surface area (Å²) < 4.78 is 16.8. The molecule has 0 radical (unpaired) electrons. The van der Waals surface area contributed by atoms with Crippen molar-refractivity contribution in [3.05, 3.63) is 90.0 Å². The van der Waals surface area contributed by atoms with E-state index in [1.165, 1.54) is 5.56 Å². The van der Waals surface area contributed by atoms with Crippen LogP contribution in [0.4, 0.5) is 5.69 Å². The van der Waals surface area contributed by atoms with E-state index < -0.39 is 0 Å². The lowest BCUT2D eigenvalue weighted by atomic mass is 10.2. The van der Waals surface area contributed by atoms with E-state index in [0.29, 0.717) is 26.4 Å². The predicted octanol–water partition coefficient (Wildman–Crippen LogP) is 5.29. The molecule has 0 heterocycles. The summed E-state index contributed by atoms with van der Waals surface area (Å²) in [5.41, 5.74) is 3.37. The molecule has 146 valence electrons. The molecule has 28 heavy (non-hydrogen) atoms. The monoisotopic (exact) mass is 377 g/mol. The summed E-state index contributed by atoms with van der Waals surface area (Å²) in [5.74, 6) is 1.71. The van der Waals surface area contributed by atoms with Crippen LogP contribution in [0.3, 0.4) is 0 Å². The molecule has 3 rings (SSSR count). The minimum absolute atomic E-state index is 0.565. The van der Waals surface area contributed by atoms with Crippen LogP contribution >= 0.6 is 0 Å². The molecule has 1 N–H and O–H groups in total. The topological polar surface area (TPSA) is 39.7 Å². The second kappa shape index (κ2) is 11.0. The maximum absolute atomic E-state index is 5.89. The smallest absolute Gasteiger partial charge is 0.121 e. The third-order valence-electron chi connectivity index (χ3n) is 4.20. The van der Waals surface area contributed by atoms with Gasteiger partial charge in [0, 0.05) is 24.9 Å². The van der Waals surface area contributed by atoms with Crippen LogP contribution in [-0.2, 0) is 17.9 Å². The van der Waals surface area contributed by atoms with Crippen molar-refractivity contribution in [2.45, 2.75) is 20.1 Å². The molecule has 0 saturated heterocycles. The lowest BCUT2D eigenvalue weighted by Crippen LogP contribution is -2.06. The van der Waals surface area contributed by atoms with Crippen molar-refractivity contribution in [2.75, 3.05) is 25.1 Å². The van der Waals surface area contributed by atoms with Crippen LogP contribution in [0.25, 0.3) is 0 Å². The van der Waals surface area contributed by atoms with Crippen LogP contribution in [0.5, 0.6) is 11.5 Å². The Morgan fingerprint density at radius 3 is 2.32 bits per heavy atom. The molecular weight excluding hydrogens is 350 g/mol. The van der Waals surface area contributed by atoms with E-state index in [4.69, 9.17) is 14.2 Å². The fraction of sp³-hybridized carbons (Fsp3) is 0.250. The Bertz CT molecular complexity index is 819. The number of rotatable bonds is 11. The summed E-state index contributed by atoms with van der Waals surface area (Å²) in [6, 6.07) is 26.3. The molecule has 3 aromatic carbocycles. The zero-order chi connectivity index (χ0) is 19.4. The summed E-state index contributed by atoms with van der Waals surface area (Å²) in [5, 5.41) is 3.44. The van der Waals surface area contributed by atoms with Gasteiger partial charge in [-0.2, -0.15) is 0 Å². The predicted molar refractivity (Wildman–Crippen MR) is 113 cm³/mol. The zero-order valence-corrected chi connectivity index (χ0v) is 16.3. The van der Waals surface area contributed by atoms with E-state index in [2.05, 4.69) is 29.6 Å². The highest BCUT2D eigenvalue weighted by molar-refractivity contribution is 5.48. The van der Waals surface area contributed by atoms with Crippen LogP contribution in [0.15, 0.2) is 78.9 Å².